The van der Waals surface area contributed by atoms with E-state index in [1.165, 1.54) is 31.4 Å². The number of nitrogens with zero attached hydrogens (tertiary/aromatic N) is 1. The smallest absolute Gasteiger partial charge is 0.122 e. The van der Waals surface area contributed by atoms with Crippen molar-refractivity contribution in [1.29, 1.82) is 0 Å². The van der Waals surface area contributed by atoms with Crippen LogP contribution in [0, 0.1) is 5.92 Å². The quantitative estimate of drug-likeness (QED) is 0.921. The van der Waals surface area contributed by atoms with E-state index in [1.54, 1.807) is 0 Å². The van der Waals surface area contributed by atoms with Gasteiger partial charge in [-0.1, -0.05) is 25.1 Å². The molecule has 0 amide bonds. The van der Waals surface area contributed by atoms with Crippen molar-refractivity contribution < 1.29 is 4.74 Å². The molecule has 1 aliphatic carbocycles. The van der Waals surface area contributed by atoms with E-state index in [0.29, 0.717) is 12.0 Å². The maximum absolute atomic E-state index is 5.87. The molecule has 2 heterocycles. The number of nitrogens with one attached hydrogen (secondary N) is 1. The molecule has 0 radical (unpaired) electrons. The van der Waals surface area contributed by atoms with Gasteiger partial charge in [-0.05, 0) is 31.2 Å². The van der Waals surface area contributed by atoms with E-state index in [9.17, 15) is 0 Å². The summed E-state index contributed by atoms with van der Waals surface area (Å²) in [5.74, 6) is 2.59. The number of ether oxygens (including phenoxy) is 1. The first-order chi connectivity index (χ1) is 10.3. The van der Waals surface area contributed by atoms with Crippen LogP contribution < -0.4 is 10.1 Å². The largest absolute Gasteiger partial charge is 0.493 e. The molecule has 1 saturated carbocycles. The number of hydrogen-bond acceptors (Lipinski definition) is 3. The Kier molecular flexibility index (Phi) is 3.64. The molecule has 1 saturated heterocycles. The van der Waals surface area contributed by atoms with Crippen molar-refractivity contribution in [2.45, 2.75) is 44.2 Å². The van der Waals surface area contributed by atoms with Gasteiger partial charge in [0.15, 0.2) is 0 Å². The Labute approximate surface area is 127 Å². The molecule has 2 aliphatic heterocycles. The minimum absolute atomic E-state index is 0.549. The number of fused-ring (bicyclic) bond motifs is 1. The van der Waals surface area contributed by atoms with Crippen molar-refractivity contribution in [2.75, 3.05) is 26.2 Å². The predicted octanol–water partition coefficient (Wildman–Crippen LogP) is 2.63. The summed E-state index contributed by atoms with van der Waals surface area (Å²) in [6.07, 6.45) is 4.09. The van der Waals surface area contributed by atoms with Crippen molar-refractivity contribution in [3.05, 3.63) is 29.8 Å². The van der Waals surface area contributed by atoms with Gasteiger partial charge in [0.2, 0.25) is 0 Å². The molecule has 0 aromatic heterocycles. The monoisotopic (exact) mass is 286 g/mol. The molecule has 1 N–H and O–H groups in total. The minimum Gasteiger partial charge on any atom is -0.493 e. The Bertz CT molecular complexity index is 500. The highest BCUT2D eigenvalue weighted by Crippen LogP contribution is 2.37. The first-order valence-corrected chi connectivity index (χ1v) is 8.54. The van der Waals surface area contributed by atoms with Gasteiger partial charge in [0.05, 0.1) is 6.61 Å². The van der Waals surface area contributed by atoms with Crippen molar-refractivity contribution in [1.82, 2.24) is 10.2 Å². The summed E-state index contributed by atoms with van der Waals surface area (Å²) in [6, 6.07) is 9.98. The summed E-state index contributed by atoms with van der Waals surface area (Å²) >= 11 is 0. The zero-order chi connectivity index (χ0) is 14.2. The van der Waals surface area contributed by atoms with Crippen LogP contribution in [0.2, 0.25) is 0 Å². The van der Waals surface area contributed by atoms with E-state index in [-0.39, 0.29) is 0 Å². The molecule has 0 spiro atoms. The molecule has 4 rings (SSSR count). The number of rotatable bonds is 4. The molecule has 3 nitrogen and oxygen atoms in total. The maximum atomic E-state index is 5.87. The molecule has 1 aromatic rings. The topological polar surface area (TPSA) is 24.5 Å². The Morgan fingerprint density at radius 1 is 1.29 bits per heavy atom. The van der Waals surface area contributed by atoms with Gasteiger partial charge in [0.25, 0.3) is 0 Å². The first-order valence-electron chi connectivity index (χ1n) is 8.54. The summed E-state index contributed by atoms with van der Waals surface area (Å²) in [5, 5.41) is 3.78. The number of hydrogen-bond donors (Lipinski definition) is 1. The van der Waals surface area contributed by atoms with Gasteiger partial charge in [0.1, 0.15) is 5.75 Å². The van der Waals surface area contributed by atoms with E-state index in [4.69, 9.17) is 4.74 Å². The van der Waals surface area contributed by atoms with Crippen LogP contribution in [0.5, 0.6) is 5.75 Å². The first kappa shape index (κ1) is 13.6. The Morgan fingerprint density at radius 2 is 2.14 bits per heavy atom. The second-order valence-electron chi connectivity index (χ2n) is 6.91. The highest BCUT2D eigenvalue weighted by atomic mass is 16.5. The van der Waals surface area contributed by atoms with Crippen molar-refractivity contribution in [2.24, 2.45) is 5.92 Å². The van der Waals surface area contributed by atoms with Gasteiger partial charge in [-0.15, -0.1) is 0 Å². The Morgan fingerprint density at radius 3 is 2.95 bits per heavy atom. The van der Waals surface area contributed by atoms with Crippen LogP contribution in [0.15, 0.2) is 24.3 Å². The lowest BCUT2D eigenvalue weighted by Crippen LogP contribution is -2.57. The Hall–Kier alpha value is -1.06. The molecule has 3 unspecified atom stereocenters. The van der Waals surface area contributed by atoms with Crippen LogP contribution in [-0.2, 0) is 0 Å². The lowest BCUT2D eigenvalue weighted by atomic mass is 9.97. The third-order valence-electron chi connectivity index (χ3n) is 5.48. The van der Waals surface area contributed by atoms with E-state index >= 15 is 0 Å². The molecule has 1 aromatic carbocycles. The summed E-state index contributed by atoms with van der Waals surface area (Å²) < 4.78 is 5.87. The van der Waals surface area contributed by atoms with E-state index in [1.807, 2.05) is 0 Å². The van der Waals surface area contributed by atoms with Gasteiger partial charge in [-0.25, -0.2) is 0 Å². The lowest BCUT2D eigenvalue weighted by molar-refractivity contribution is 0.107. The van der Waals surface area contributed by atoms with Crippen LogP contribution in [0.3, 0.4) is 0 Å². The third-order valence-corrected chi connectivity index (χ3v) is 5.48. The molecule has 114 valence electrons. The molecule has 3 heteroatoms. The van der Waals surface area contributed by atoms with Crippen LogP contribution >= 0.6 is 0 Å². The fourth-order valence-corrected chi connectivity index (χ4v) is 3.99. The average molecular weight is 286 g/mol. The standard InChI is InChI=1S/C18H26N2O/c1-2-15-9-19-17(13-7-8-13)11-20(15)10-14-12-21-18-6-4-3-5-16(14)18/h3-6,13-15,17,19H,2,7-12H2,1H3. The van der Waals surface area contributed by atoms with Gasteiger partial charge >= 0.3 is 0 Å². The molecule has 3 atom stereocenters. The van der Waals surface area contributed by atoms with Crippen LogP contribution in [0.25, 0.3) is 0 Å². The van der Waals surface area contributed by atoms with Crippen LogP contribution in [0.4, 0.5) is 0 Å². The lowest BCUT2D eigenvalue weighted by Gasteiger charge is -2.41. The summed E-state index contributed by atoms with van der Waals surface area (Å²) in [6.45, 7) is 6.71. The number of para-hydroxylation sites is 1. The van der Waals surface area contributed by atoms with Gasteiger partial charge in [-0.2, -0.15) is 0 Å². The molecular weight excluding hydrogens is 260 g/mol. The predicted molar refractivity (Wildman–Crippen MR) is 84.8 cm³/mol. The molecule has 2 fully saturated rings. The van der Waals surface area contributed by atoms with E-state index in [2.05, 4.69) is 41.4 Å². The second-order valence-corrected chi connectivity index (χ2v) is 6.91. The van der Waals surface area contributed by atoms with E-state index in [0.717, 1.165) is 37.4 Å². The fourth-order valence-electron chi connectivity index (χ4n) is 3.99. The normalized spacial score (nSPS) is 32.7. The van der Waals surface area contributed by atoms with Crippen molar-refractivity contribution >= 4 is 0 Å². The zero-order valence-corrected chi connectivity index (χ0v) is 12.9. The minimum atomic E-state index is 0.549. The molecular formula is C18H26N2O. The van der Waals surface area contributed by atoms with Crippen molar-refractivity contribution in [3.63, 3.8) is 0 Å². The Balaban J connectivity index is 1.46. The number of piperazine rings is 1. The van der Waals surface area contributed by atoms with Crippen molar-refractivity contribution in [3.8, 4) is 5.75 Å². The fraction of sp³-hybridized carbons (Fsp3) is 0.667. The molecule has 21 heavy (non-hydrogen) atoms. The summed E-state index contributed by atoms with van der Waals surface area (Å²) in [4.78, 5) is 2.73. The number of benzene rings is 1. The van der Waals surface area contributed by atoms with Gasteiger partial charge in [0, 0.05) is 43.2 Å². The maximum Gasteiger partial charge on any atom is 0.122 e. The van der Waals surface area contributed by atoms with Crippen LogP contribution in [-0.4, -0.2) is 43.2 Å². The van der Waals surface area contributed by atoms with Gasteiger partial charge < -0.3 is 10.1 Å². The average Bonchev–Trinajstić information content (AvgIpc) is 3.30. The van der Waals surface area contributed by atoms with E-state index < -0.39 is 0 Å². The second kappa shape index (κ2) is 5.62. The molecule has 0 bridgehead atoms. The highest BCUT2D eigenvalue weighted by molar-refractivity contribution is 5.39. The molecule has 3 aliphatic rings. The summed E-state index contributed by atoms with van der Waals surface area (Å²) in [5.41, 5.74) is 1.41. The van der Waals surface area contributed by atoms with Crippen LogP contribution in [0.1, 0.15) is 37.7 Å². The summed E-state index contributed by atoms with van der Waals surface area (Å²) in [7, 11) is 0. The third kappa shape index (κ3) is 2.69. The highest BCUT2D eigenvalue weighted by Gasteiger charge is 2.38. The zero-order valence-electron chi connectivity index (χ0n) is 12.9. The van der Waals surface area contributed by atoms with Gasteiger partial charge in [-0.3, -0.25) is 4.90 Å². The SMILES string of the molecule is CCC1CNC(C2CC2)CN1CC1COc2ccccc21.